The molecule has 0 bridgehead atoms. The van der Waals surface area contributed by atoms with E-state index in [0.717, 1.165) is 5.56 Å². The molecular formula is C16H17ClFNO. The van der Waals surface area contributed by atoms with Crippen molar-refractivity contribution in [2.45, 2.75) is 19.6 Å². The third-order valence-corrected chi connectivity index (χ3v) is 3.78. The summed E-state index contributed by atoms with van der Waals surface area (Å²) in [6, 6.07) is 12.2. The summed E-state index contributed by atoms with van der Waals surface area (Å²) in [6.45, 7) is 1.79. The standard InChI is InChI=1S/C16H17ClFNO/c1-11(12-6-8-14(17)9-7-12)19(2)16-13(10-20)4-3-5-15(16)18/h3-9,11,20H,10H2,1-2H3. The molecule has 0 heterocycles. The lowest BCUT2D eigenvalue weighted by Crippen LogP contribution is -2.24. The van der Waals surface area contributed by atoms with Crippen LogP contribution in [0.25, 0.3) is 0 Å². The van der Waals surface area contributed by atoms with E-state index in [1.807, 2.05) is 43.1 Å². The Morgan fingerprint density at radius 2 is 1.85 bits per heavy atom. The minimum Gasteiger partial charge on any atom is -0.392 e. The lowest BCUT2D eigenvalue weighted by Gasteiger charge is -2.29. The zero-order chi connectivity index (χ0) is 14.7. The van der Waals surface area contributed by atoms with E-state index in [9.17, 15) is 9.50 Å². The van der Waals surface area contributed by atoms with Crippen molar-refractivity contribution in [2.75, 3.05) is 11.9 Å². The predicted octanol–water partition coefficient (Wildman–Crippen LogP) is 4.17. The molecule has 0 aliphatic heterocycles. The zero-order valence-electron chi connectivity index (χ0n) is 11.5. The van der Waals surface area contributed by atoms with Gasteiger partial charge in [0.1, 0.15) is 5.82 Å². The SMILES string of the molecule is CC(c1ccc(Cl)cc1)N(C)c1c(F)cccc1CO. The van der Waals surface area contributed by atoms with Gasteiger partial charge in [0.05, 0.1) is 18.3 Å². The van der Waals surface area contributed by atoms with Crippen LogP contribution in [0.1, 0.15) is 24.1 Å². The summed E-state index contributed by atoms with van der Waals surface area (Å²) in [5.41, 5.74) is 2.04. The summed E-state index contributed by atoms with van der Waals surface area (Å²) in [4.78, 5) is 1.82. The molecule has 1 atom stereocenters. The first-order valence-electron chi connectivity index (χ1n) is 6.41. The molecule has 0 spiro atoms. The van der Waals surface area contributed by atoms with E-state index in [4.69, 9.17) is 11.6 Å². The van der Waals surface area contributed by atoms with Gasteiger partial charge in [0.15, 0.2) is 0 Å². The molecule has 4 heteroatoms. The third kappa shape index (κ3) is 2.94. The Kier molecular flexibility index (Phi) is 4.63. The van der Waals surface area contributed by atoms with Crippen LogP contribution >= 0.6 is 11.6 Å². The number of hydrogen-bond acceptors (Lipinski definition) is 2. The average Bonchev–Trinajstić information content (AvgIpc) is 2.46. The van der Waals surface area contributed by atoms with Crippen LogP contribution in [0, 0.1) is 5.82 Å². The fourth-order valence-corrected chi connectivity index (χ4v) is 2.37. The molecule has 2 nitrogen and oxygen atoms in total. The first-order chi connectivity index (χ1) is 9.54. The molecule has 0 saturated heterocycles. The Hall–Kier alpha value is -1.58. The molecule has 20 heavy (non-hydrogen) atoms. The van der Waals surface area contributed by atoms with Crippen LogP contribution in [0.2, 0.25) is 5.02 Å². The fraction of sp³-hybridized carbons (Fsp3) is 0.250. The third-order valence-electron chi connectivity index (χ3n) is 3.53. The monoisotopic (exact) mass is 293 g/mol. The molecule has 0 radical (unpaired) electrons. The zero-order valence-corrected chi connectivity index (χ0v) is 12.2. The van der Waals surface area contributed by atoms with Gasteiger partial charge in [-0.05, 0) is 30.7 Å². The van der Waals surface area contributed by atoms with Crippen LogP contribution in [0.5, 0.6) is 0 Å². The van der Waals surface area contributed by atoms with Crippen LogP contribution in [0.15, 0.2) is 42.5 Å². The minimum atomic E-state index is -0.333. The van der Waals surface area contributed by atoms with Gasteiger partial charge in [-0.3, -0.25) is 0 Å². The molecule has 2 aromatic rings. The number of rotatable bonds is 4. The molecule has 0 amide bonds. The second-order valence-corrected chi connectivity index (χ2v) is 5.18. The molecule has 2 aromatic carbocycles. The topological polar surface area (TPSA) is 23.5 Å². The Morgan fingerprint density at radius 1 is 1.20 bits per heavy atom. The number of para-hydroxylation sites is 1. The fourth-order valence-electron chi connectivity index (χ4n) is 2.24. The lowest BCUT2D eigenvalue weighted by molar-refractivity contribution is 0.281. The maximum absolute atomic E-state index is 14.1. The Labute approximate surface area is 123 Å². The molecule has 0 aliphatic rings. The van der Waals surface area contributed by atoms with Gasteiger partial charge in [-0.25, -0.2) is 4.39 Å². The van der Waals surface area contributed by atoms with Crippen molar-refractivity contribution < 1.29 is 9.50 Å². The number of anilines is 1. The van der Waals surface area contributed by atoms with Crippen molar-refractivity contribution in [2.24, 2.45) is 0 Å². The number of hydrogen-bond donors (Lipinski definition) is 1. The number of nitrogens with zero attached hydrogens (tertiary/aromatic N) is 1. The Morgan fingerprint density at radius 3 is 2.45 bits per heavy atom. The van der Waals surface area contributed by atoms with Crippen molar-refractivity contribution in [1.29, 1.82) is 0 Å². The van der Waals surface area contributed by atoms with E-state index >= 15 is 0 Å². The predicted molar refractivity (Wildman–Crippen MR) is 80.6 cm³/mol. The van der Waals surface area contributed by atoms with Crippen molar-refractivity contribution in [3.05, 3.63) is 64.4 Å². The summed E-state index contributed by atoms with van der Waals surface area (Å²) in [5.74, 6) is -0.333. The van der Waals surface area contributed by atoms with Crippen LogP contribution in [-0.2, 0) is 6.61 Å². The minimum absolute atomic E-state index is 0.0329. The van der Waals surface area contributed by atoms with Crippen LogP contribution < -0.4 is 4.90 Å². The second kappa shape index (κ2) is 6.25. The Bertz CT molecular complexity index is 586. The number of benzene rings is 2. The van der Waals surface area contributed by atoms with Gasteiger partial charge in [0.25, 0.3) is 0 Å². The van der Waals surface area contributed by atoms with E-state index in [1.54, 1.807) is 12.1 Å². The van der Waals surface area contributed by atoms with Gasteiger partial charge in [-0.2, -0.15) is 0 Å². The molecular weight excluding hydrogens is 277 g/mol. The van der Waals surface area contributed by atoms with Gasteiger partial charge < -0.3 is 10.0 Å². The highest BCUT2D eigenvalue weighted by Crippen LogP contribution is 2.31. The highest BCUT2D eigenvalue weighted by molar-refractivity contribution is 6.30. The van der Waals surface area contributed by atoms with Gasteiger partial charge >= 0.3 is 0 Å². The molecule has 0 aliphatic carbocycles. The number of aliphatic hydroxyl groups is 1. The maximum atomic E-state index is 14.1. The smallest absolute Gasteiger partial charge is 0.146 e. The second-order valence-electron chi connectivity index (χ2n) is 4.74. The van der Waals surface area contributed by atoms with Gasteiger partial charge in [0, 0.05) is 17.6 Å². The van der Waals surface area contributed by atoms with E-state index in [0.29, 0.717) is 16.3 Å². The summed E-state index contributed by atoms with van der Waals surface area (Å²) in [7, 11) is 1.82. The molecule has 2 rings (SSSR count). The van der Waals surface area contributed by atoms with Crippen LogP contribution in [0.4, 0.5) is 10.1 Å². The maximum Gasteiger partial charge on any atom is 0.146 e. The van der Waals surface area contributed by atoms with E-state index in [2.05, 4.69) is 0 Å². The summed E-state index contributed by atoms with van der Waals surface area (Å²) in [5, 5.41) is 10.0. The highest BCUT2D eigenvalue weighted by atomic mass is 35.5. The van der Waals surface area contributed by atoms with Gasteiger partial charge in [-0.15, -0.1) is 0 Å². The van der Waals surface area contributed by atoms with Crippen molar-refractivity contribution in [3.63, 3.8) is 0 Å². The summed E-state index contributed by atoms with van der Waals surface area (Å²) < 4.78 is 14.1. The molecule has 106 valence electrons. The molecule has 1 unspecified atom stereocenters. The van der Waals surface area contributed by atoms with Crippen molar-refractivity contribution >= 4 is 17.3 Å². The summed E-state index contributed by atoms with van der Waals surface area (Å²) in [6.07, 6.45) is 0. The van der Waals surface area contributed by atoms with Crippen LogP contribution in [0.3, 0.4) is 0 Å². The highest BCUT2D eigenvalue weighted by Gasteiger charge is 2.18. The van der Waals surface area contributed by atoms with Crippen molar-refractivity contribution in [1.82, 2.24) is 0 Å². The lowest BCUT2D eigenvalue weighted by atomic mass is 10.0. The molecule has 0 saturated carbocycles. The first-order valence-corrected chi connectivity index (χ1v) is 6.79. The quantitative estimate of drug-likeness (QED) is 0.914. The van der Waals surface area contributed by atoms with Crippen LogP contribution in [-0.4, -0.2) is 12.2 Å². The normalized spacial score (nSPS) is 12.2. The average molecular weight is 294 g/mol. The van der Waals surface area contributed by atoms with E-state index in [-0.39, 0.29) is 18.5 Å². The first kappa shape index (κ1) is 14.8. The van der Waals surface area contributed by atoms with Crippen molar-refractivity contribution in [3.8, 4) is 0 Å². The molecule has 0 fully saturated rings. The molecule has 1 N–H and O–H groups in total. The van der Waals surface area contributed by atoms with E-state index < -0.39 is 0 Å². The van der Waals surface area contributed by atoms with Gasteiger partial charge in [-0.1, -0.05) is 35.9 Å². The number of halogens is 2. The Balaban J connectivity index is 2.35. The largest absolute Gasteiger partial charge is 0.392 e. The van der Waals surface area contributed by atoms with Gasteiger partial charge in [0.2, 0.25) is 0 Å². The number of aliphatic hydroxyl groups excluding tert-OH is 1. The molecule has 0 aromatic heterocycles. The van der Waals surface area contributed by atoms with E-state index in [1.165, 1.54) is 6.07 Å². The summed E-state index contributed by atoms with van der Waals surface area (Å²) >= 11 is 5.88.